The Morgan fingerprint density at radius 2 is 2.04 bits per heavy atom. The summed E-state index contributed by atoms with van der Waals surface area (Å²) in [4.78, 5) is 36.7. The number of halogens is 1. The molecule has 9 heteroatoms. The van der Waals surface area contributed by atoms with Crippen LogP contribution in [0.25, 0.3) is 0 Å². The summed E-state index contributed by atoms with van der Waals surface area (Å²) in [5, 5.41) is 11.2. The van der Waals surface area contributed by atoms with Crippen LogP contribution in [0.1, 0.15) is 50.2 Å². The molecule has 1 aliphatic carbocycles. The number of hydrogen-bond acceptors (Lipinski definition) is 5. The van der Waals surface area contributed by atoms with E-state index in [0.29, 0.717) is 10.8 Å². The largest absolute Gasteiger partial charge is 0.283 e. The van der Waals surface area contributed by atoms with E-state index in [0.717, 1.165) is 31.7 Å². The molecule has 1 heterocycles. The molecular formula is C18H18ClN3O4S. The van der Waals surface area contributed by atoms with Gasteiger partial charge in [0.25, 0.3) is 17.5 Å². The van der Waals surface area contributed by atoms with Crippen molar-refractivity contribution in [3.05, 3.63) is 60.3 Å². The van der Waals surface area contributed by atoms with Crippen LogP contribution in [-0.4, -0.2) is 16.7 Å². The van der Waals surface area contributed by atoms with Gasteiger partial charge in [0.2, 0.25) is 0 Å². The van der Waals surface area contributed by atoms with E-state index >= 15 is 0 Å². The summed E-state index contributed by atoms with van der Waals surface area (Å²) >= 11 is 7.16. The van der Waals surface area contributed by atoms with Crippen LogP contribution in [0.3, 0.4) is 0 Å². The summed E-state index contributed by atoms with van der Waals surface area (Å²) in [7, 11) is 0. The highest BCUT2D eigenvalue weighted by molar-refractivity contribution is 7.14. The highest BCUT2D eigenvalue weighted by Crippen LogP contribution is 2.33. The van der Waals surface area contributed by atoms with Crippen LogP contribution in [0.15, 0.2) is 24.3 Å². The molecule has 1 aromatic carbocycles. The van der Waals surface area contributed by atoms with Crippen LogP contribution in [0.4, 0.5) is 5.69 Å². The van der Waals surface area contributed by atoms with Crippen molar-refractivity contribution in [2.45, 2.75) is 32.6 Å². The number of aryl methyl sites for hydroxylation is 1. The number of rotatable bonds is 4. The molecule has 0 radical (unpaired) electrons. The second kappa shape index (κ2) is 8.06. The lowest BCUT2D eigenvalue weighted by molar-refractivity contribution is -0.385. The standard InChI is InChI=1S/C18H18ClN3O4S/c1-2-10-3-6-15-11(7-10)8-16(27-15)18(24)21-20-17(23)13-5-4-12(19)9-14(13)22(25)26/h4-5,8-10H,2-3,6-7H2,1H3,(H,20,23)(H,21,24)/t10-/m0/s1. The quantitative estimate of drug-likeness (QED) is 0.592. The molecule has 27 heavy (non-hydrogen) atoms. The summed E-state index contributed by atoms with van der Waals surface area (Å²) in [5.74, 6) is -0.570. The van der Waals surface area contributed by atoms with E-state index in [1.165, 1.54) is 33.9 Å². The number of fused-ring (bicyclic) bond motifs is 1. The van der Waals surface area contributed by atoms with Gasteiger partial charge in [-0.05, 0) is 48.9 Å². The number of benzene rings is 1. The molecule has 2 amide bonds. The molecule has 142 valence electrons. The number of hydrogen-bond donors (Lipinski definition) is 2. The number of amides is 2. The first-order valence-electron chi connectivity index (χ1n) is 8.55. The SMILES string of the molecule is CC[C@H]1CCc2sc(C(=O)NNC(=O)c3ccc(Cl)cc3[N+](=O)[O-])cc2C1. The van der Waals surface area contributed by atoms with Crippen molar-refractivity contribution in [2.75, 3.05) is 0 Å². The number of nitro groups is 1. The molecule has 0 fully saturated rings. The van der Waals surface area contributed by atoms with Crippen LogP contribution in [0, 0.1) is 16.0 Å². The zero-order chi connectivity index (χ0) is 19.6. The van der Waals surface area contributed by atoms with Crippen molar-refractivity contribution >= 4 is 40.4 Å². The lowest BCUT2D eigenvalue weighted by atomic mass is 9.87. The summed E-state index contributed by atoms with van der Waals surface area (Å²) in [6.07, 6.45) is 4.18. The summed E-state index contributed by atoms with van der Waals surface area (Å²) in [6, 6.07) is 5.59. The minimum atomic E-state index is -0.779. The fourth-order valence-corrected chi connectivity index (χ4v) is 4.42. The van der Waals surface area contributed by atoms with Gasteiger partial charge in [-0.15, -0.1) is 11.3 Å². The lowest BCUT2D eigenvalue weighted by Gasteiger charge is -2.19. The lowest BCUT2D eigenvalue weighted by Crippen LogP contribution is -2.41. The van der Waals surface area contributed by atoms with Gasteiger partial charge in [-0.2, -0.15) is 0 Å². The van der Waals surface area contributed by atoms with Crippen molar-refractivity contribution in [2.24, 2.45) is 5.92 Å². The minimum absolute atomic E-state index is 0.150. The summed E-state index contributed by atoms with van der Waals surface area (Å²) < 4.78 is 0. The molecule has 3 rings (SSSR count). The van der Waals surface area contributed by atoms with Gasteiger partial charge < -0.3 is 0 Å². The van der Waals surface area contributed by atoms with Crippen LogP contribution in [0.2, 0.25) is 5.02 Å². The predicted molar refractivity (Wildman–Crippen MR) is 103 cm³/mol. The van der Waals surface area contributed by atoms with Gasteiger partial charge in [0, 0.05) is 16.0 Å². The molecule has 0 spiro atoms. The monoisotopic (exact) mass is 407 g/mol. The fourth-order valence-electron chi connectivity index (χ4n) is 3.15. The molecule has 1 aliphatic rings. The van der Waals surface area contributed by atoms with Crippen LogP contribution in [0.5, 0.6) is 0 Å². The number of carbonyl (C=O) groups excluding carboxylic acids is 2. The highest BCUT2D eigenvalue weighted by Gasteiger charge is 2.24. The molecule has 2 aromatic rings. The number of nitrogens with zero attached hydrogens (tertiary/aromatic N) is 1. The number of nitro benzene ring substituents is 1. The van der Waals surface area contributed by atoms with Crippen LogP contribution in [-0.2, 0) is 12.8 Å². The van der Waals surface area contributed by atoms with Gasteiger partial charge in [-0.3, -0.25) is 30.6 Å². The molecule has 0 unspecified atom stereocenters. The molecule has 0 saturated heterocycles. The van der Waals surface area contributed by atoms with E-state index in [1.807, 2.05) is 6.07 Å². The Hall–Kier alpha value is -2.45. The zero-order valence-corrected chi connectivity index (χ0v) is 16.2. The number of nitrogens with one attached hydrogen (secondary N) is 2. The van der Waals surface area contributed by atoms with E-state index in [-0.39, 0.29) is 10.6 Å². The Morgan fingerprint density at radius 3 is 2.74 bits per heavy atom. The first-order valence-corrected chi connectivity index (χ1v) is 9.74. The molecule has 0 aliphatic heterocycles. The average Bonchev–Trinajstić information content (AvgIpc) is 3.08. The Balaban J connectivity index is 1.67. The second-order valence-electron chi connectivity index (χ2n) is 6.40. The average molecular weight is 408 g/mol. The fraction of sp³-hybridized carbons (Fsp3) is 0.333. The summed E-state index contributed by atoms with van der Waals surface area (Å²) in [6.45, 7) is 2.17. The third-order valence-corrected chi connectivity index (χ3v) is 6.15. The first-order chi connectivity index (χ1) is 12.9. The van der Waals surface area contributed by atoms with Crippen molar-refractivity contribution < 1.29 is 14.5 Å². The number of thiophene rings is 1. The van der Waals surface area contributed by atoms with Crippen molar-refractivity contribution in [1.82, 2.24) is 10.9 Å². The summed E-state index contributed by atoms with van der Waals surface area (Å²) in [5.41, 5.74) is 5.15. The Labute approximate surface area is 164 Å². The third-order valence-electron chi connectivity index (χ3n) is 4.68. The molecule has 7 nitrogen and oxygen atoms in total. The highest BCUT2D eigenvalue weighted by atomic mass is 35.5. The van der Waals surface area contributed by atoms with Gasteiger partial charge in [0.05, 0.1) is 9.80 Å². The minimum Gasteiger partial charge on any atom is -0.267 e. The predicted octanol–water partition coefficient (Wildman–Crippen LogP) is 3.90. The zero-order valence-electron chi connectivity index (χ0n) is 14.6. The van der Waals surface area contributed by atoms with E-state index in [2.05, 4.69) is 17.8 Å². The van der Waals surface area contributed by atoms with Gasteiger partial charge >= 0.3 is 0 Å². The Bertz CT molecular complexity index is 912. The van der Waals surface area contributed by atoms with Crippen LogP contribution < -0.4 is 10.9 Å². The van der Waals surface area contributed by atoms with Gasteiger partial charge in [-0.1, -0.05) is 24.9 Å². The normalized spacial score (nSPS) is 15.7. The van der Waals surface area contributed by atoms with E-state index in [4.69, 9.17) is 11.6 Å². The van der Waals surface area contributed by atoms with E-state index in [9.17, 15) is 19.7 Å². The van der Waals surface area contributed by atoms with Crippen molar-refractivity contribution in [3.8, 4) is 0 Å². The number of carbonyl (C=O) groups is 2. The molecule has 1 aromatic heterocycles. The third kappa shape index (κ3) is 4.28. The molecule has 0 saturated carbocycles. The van der Waals surface area contributed by atoms with Gasteiger partial charge in [0.1, 0.15) is 5.56 Å². The van der Waals surface area contributed by atoms with Gasteiger partial charge in [-0.25, -0.2) is 0 Å². The Morgan fingerprint density at radius 1 is 1.30 bits per heavy atom. The maximum Gasteiger partial charge on any atom is 0.283 e. The maximum atomic E-state index is 12.4. The molecule has 1 atom stereocenters. The number of hydrazine groups is 1. The molecule has 0 bridgehead atoms. The topological polar surface area (TPSA) is 101 Å². The van der Waals surface area contributed by atoms with Crippen molar-refractivity contribution in [1.29, 1.82) is 0 Å². The second-order valence-corrected chi connectivity index (χ2v) is 7.98. The van der Waals surface area contributed by atoms with E-state index < -0.39 is 22.4 Å². The molecular weight excluding hydrogens is 390 g/mol. The van der Waals surface area contributed by atoms with E-state index in [1.54, 1.807) is 0 Å². The molecule has 2 N–H and O–H groups in total. The Kier molecular flexibility index (Phi) is 5.76. The smallest absolute Gasteiger partial charge is 0.267 e. The maximum absolute atomic E-state index is 12.4. The van der Waals surface area contributed by atoms with Gasteiger partial charge in [0.15, 0.2) is 0 Å². The van der Waals surface area contributed by atoms with Crippen molar-refractivity contribution in [3.63, 3.8) is 0 Å². The first kappa shape index (κ1) is 19.3. The van der Waals surface area contributed by atoms with Crippen LogP contribution >= 0.6 is 22.9 Å².